The van der Waals surface area contributed by atoms with Crippen molar-refractivity contribution in [3.8, 4) is 5.75 Å². The summed E-state index contributed by atoms with van der Waals surface area (Å²) >= 11 is 0. The average Bonchev–Trinajstić information content (AvgIpc) is 3.28. The fourth-order valence-electron chi connectivity index (χ4n) is 5.17. The van der Waals surface area contributed by atoms with Crippen LogP contribution in [0.1, 0.15) is 18.4 Å². The third-order valence-corrected chi connectivity index (χ3v) is 7.15. The second-order valence-electron chi connectivity index (χ2n) is 9.62. The Morgan fingerprint density at radius 3 is 2.65 bits per heavy atom. The third kappa shape index (κ3) is 4.91. The number of aryl methyl sites for hydroxylation is 1. The lowest BCUT2D eigenvalue weighted by Gasteiger charge is -2.46. The van der Waals surface area contributed by atoms with E-state index in [9.17, 15) is 0 Å². The number of piperazine rings is 1. The monoisotopic (exact) mass is 456 g/mol. The van der Waals surface area contributed by atoms with Crippen LogP contribution in [0.15, 0.2) is 79.0 Å². The molecule has 1 saturated heterocycles. The molecule has 2 heterocycles. The van der Waals surface area contributed by atoms with E-state index in [0.717, 1.165) is 57.0 Å². The molecule has 1 unspecified atom stereocenters. The normalized spacial score (nSPS) is 21.2. The second kappa shape index (κ2) is 10.1. The number of H-pyrrole nitrogens is 1. The fourth-order valence-corrected chi connectivity index (χ4v) is 5.17. The number of para-hydroxylation sites is 1. The summed E-state index contributed by atoms with van der Waals surface area (Å²) in [6.45, 7) is 5.32. The van der Waals surface area contributed by atoms with Gasteiger partial charge in [-0.05, 0) is 49.2 Å². The minimum Gasteiger partial charge on any atom is -0.469 e. The summed E-state index contributed by atoms with van der Waals surface area (Å²) in [6.07, 6.45) is 14.1. The third-order valence-electron chi connectivity index (χ3n) is 7.15. The van der Waals surface area contributed by atoms with Gasteiger partial charge in [0.05, 0.1) is 0 Å². The molecular weight excluding hydrogens is 420 g/mol. The van der Waals surface area contributed by atoms with Gasteiger partial charge in [0.25, 0.3) is 0 Å². The van der Waals surface area contributed by atoms with Crippen LogP contribution < -0.4 is 9.64 Å². The number of ether oxygens (including phenoxy) is 1. The number of nitrogens with one attached hydrogen (secondary N) is 1. The van der Waals surface area contributed by atoms with Crippen LogP contribution in [0.5, 0.6) is 5.75 Å². The van der Waals surface area contributed by atoms with Crippen molar-refractivity contribution in [1.82, 2.24) is 14.8 Å². The Bertz CT molecular complexity index is 1160. The molecule has 1 atom stereocenters. The molecule has 2 aromatic carbocycles. The number of benzene rings is 2. The lowest BCUT2D eigenvalue weighted by Crippen LogP contribution is -2.59. The van der Waals surface area contributed by atoms with E-state index in [-0.39, 0.29) is 0 Å². The summed E-state index contributed by atoms with van der Waals surface area (Å²) in [5, 5.41) is 1.36. The van der Waals surface area contributed by atoms with Crippen LogP contribution >= 0.6 is 0 Å². The number of fused-ring (bicyclic) bond motifs is 1. The van der Waals surface area contributed by atoms with E-state index >= 15 is 0 Å². The highest BCUT2D eigenvalue weighted by Gasteiger charge is 2.38. The van der Waals surface area contributed by atoms with Crippen molar-refractivity contribution in [2.75, 3.05) is 51.7 Å². The number of rotatable bonds is 8. The van der Waals surface area contributed by atoms with Crippen LogP contribution in [0.25, 0.3) is 10.9 Å². The number of anilines is 1. The van der Waals surface area contributed by atoms with E-state index in [2.05, 4.69) is 113 Å². The van der Waals surface area contributed by atoms with E-state index in [0.29, 0.717) is 0 Å². The molecule has 0 spiro atoms. The van der Waals surface area contributed by atoms with Crippen molar-refractivity contribution in [3.05, 3.63) is 84.6 Å². The maximum atomic E-state index is 6.72. The van der Waals surface area contributed by atoms with Gasteiger partial charge in [-0.25, -0.2) is 0 Å². The van der Waals surface area contributed by atoms with Gasteiger partial charge in [-0.3, -0.25) is 4.90 Å². The molecule has 1 fully saturated rings. The van der Waals surface area contributed by atoms with Crippen LogP contribution in [-0.2, 0) is 6.42 Å². The summed E-state index contributed by atoms with van der Waals surface area (Å²) in [6, 6.07) is 17.0. The Kier molecular flexibility index (Phi) is 6.75. The molecular formula is C29H36N4O. The first-order chi connectivity index (χ1) is 16.6. The standard InChI is InChI=1S/C29H36N4O/c1-31(2)25-11-8-12-26(22-25)34-29(15-6-3-7-16-29)33-20-18-32(19-21-33)17-9-10-24-23-30-28-14-5-4-13-27(24)28/h3-8,11-15,22-23,30H,9-10,16-21H2,1-2H3. The molecule has 0 radical (unpaired) electrons. The molecule has 1 N–H and O–H groups in total. The van der Waals surface area contributed by atoms with Gasteiger partial charge in [-0.1, -0.05) is 42.5 Å². The summed E-state index contributed by atoms with van der Waals surface area (Å²) in [5.74, 6) is 0.923. The number of aromatic amines is 1. The van der Waals surface area contributed by atoms with E-state index < -0.39 is 5.72 Å². The van der Waals surface area contributed by atoms with Crippen molar-refractivity contribution < 1.29 is 4.74 Å². The number of aromatic nitrogens is 1. The Hall–Kier alpha value is -3.02. The van der Waals surface area contributed by atoms with Crippen molar-refractivity contribution in [3.63, 3.8) is 0 Å². The maximum Gasteiger partial charge on any atom is 0.186 e. The summed E-state index contributed by atoms with van der Waals surface area (Å²) < 4.78 is 6.72. The highest BCUT2D eigenvalue weighted by Crippen LogP contribution is 2.32. The molecule has 3 aromatic rings. The molecule has 5 heteroatoms. The molecule has 5 nitrogen and oxygen atoms in total. The number of nitrogens with zero attached hydrogens (tertiary/aromatic N) is 3. The maximum absolute atomic E-state index is 6.72. The molecule has 2 aliphatic rings. The van der Waals surface area contributed by atoms with Gasteiger partial charge in [0.2, 0.25) is 0 Å². The van der Waals surface area contributed by atoms with Gasteiger partial charge in [0.1, 0.15) is 5.75 Å². The second-order valence-corrected chi connectivity index (χ2v) is 9.62. The summed E-state index contributed by atoms with van der Waals surface area (Å²) in [7, 11) is 4.13. The molecule has 0 saturated carbocycles. The minimum absolute atomic E-state index is 0.407. The number of hydrogen-bond donors (Lipinski definition) is 1. The van der Waals surface area contributed by atoms with Gasteiger partial charge >= 0.3 is 0 Å². The predicted molar refractivity (Wildman–Crippen MR) is 142 cm³/mol. The smallest absolute Gasteiger partial charge is 0.186 e. The quantitative estimate of drug-likeness (QED) is 0.513. The molecule has 178 valence electrons. The lowest BCUT2D eigenvalue weighted by molar-refractivity contribution is -0.0664. The highest BCUT2D eigenvalue weighted by molar-refractivity contribution is 5.83. The van der Waals surface area contributed by atoms with Crippen LogP contribution in [0.2, 0.25) is 0 Å². The predicted octanol–water partition coefficient (Wildman–Crippen LogP) is 5.08. The Morgan fingerprint density at radius 2 is 1.85 bits per heavy atom. The highest BCUT2D eigenvalue weighted by atomic mass is 16.5. The number of allylic oxidation sites excluding steroid dienone is 2. The molecule has 0 amide bonds. The van der Waals surface area contributed by atoms with Crippen LogP contribution in [-0.4, -0.2) is 67.3 Å². The number of hydrogen-bond acceptors (Lipinski definition) is 4. The van der Waals surface area contributed by atoms with Crippen molar-refractivity contribution in [2.45, 2.75) is 25.0 Å². The van der Waals surface area contributed by atoms with Crippen LogP contribution in [0, 0.1) is 0 Å². The van der Waals surface area contributed by atoms with Gasteiger partial charge in [-0.15, -0.1) is 0 Å². The van der Waals surface area contributed by atoms with E-state index in [4.69, 9.17) is 4.74 Å². The van der Waals surface area contributed by atoms with Crippen LogP contribution in [0.4, 0.5) is 5.69 Å². The topological polar surface area (TPSA) is 34.7 Å². The van der Waals surface area contributed by atoms with Gasteiger partial charge in [0.15, 0.2) is 5.72 Å². The SMILES string of the molecule is CN(C)c1cccc(OC2(N3CCN(CCCc4c[nH]c5ccccc45)CC3)C=CC=CC2)c1. The molecule has 34 heavy (non-hydrogen) atoms. The first-order valence-corrected chi connectivity index (χ1v) is 12.5. The van der Waals surface area contributed by atoms with Gasteiger partial charge in [0, 0.05) is 75.5 Å². The van der Waals surface area contributed by atoms with E-state index in [1.807, 2.05) is 0 Å². The molecule has 5 rings (SSSR count). The zero-order valence-corrected chi connectivity index (χ0v) is 20.4. The zero-order valence-electron chi connectivity index (χ0n) is 20.4. The van der Waals surface area contributed by atoms with E-state index in [1.165, 1.54) is 22.9 Å². The lowest BCUT2D eigenvalue weighted by atomic mass is 10.0. The average molecular weight is 457 g/mol. The Labute approximate surface area is 203 Å². The molecule has 1 aromatic heterocycles. The first kappa shape index (κ1) is 22.8. The Balaban J connectivity index is 1.18. The van der Waals surface area contributed by atoms with Crippen molar-refractivity contribution >= 4 is 16.6 Å². The van der Waals surface area contributed by atoms with Gasteiger partial charge < -0.3 is 19.5 Å². The molecule has 1 aliphatic heterocycles. The summed E-state index contributed by atoms with van der Waals surface area (Å²) in [4.78, 5) is 10.6. The van der Waals surface area contributed by atoms with Crippen molar-refractivity contribution in [2.24, 2.45) is 0 Å². The largest absolute Gasteiger partial charge is 0.469 e. The Morgan fingerprint density at radius 1 is 1.00 bits per heavy atom. The van der Waals surface area contributed by atoms with Crippen LogP contribution in [0.3, 0.4) is 0 Å². The fraction of sp³-hybridized carbons (Fsp3) is 0.379. The molecule has 0 bridgehead atoms. The van der Waals surface area contributed by atoms with E-state index in [1.54, 1.807) is 0 Å². The van der Waals surface area contributed by atoms with Crippen molar-refractivity contribution in [1.29, 1.82) is 0 Å². The zero-order chi connectivity index (χ0) is 23.4. The molecule has 1 aliphatic carbocycles. The first-order valence-electron chi connectivity index (χ1n) is 12.5. The summed E-state index contributed by atoms with van der Waals surface area (Å²) in [5.41, 5.74) is 3.42. The minimum atomic E-state index is -0.407. The van der Waals surface area contributed by atoms with Gasteiger partial charge in [-0.2, -0.15) is 0 Å².